The van der Waals surface area contributed by atoms with Crippen LogP contribution in [-0.2, 0) is 4.79 Å². The smallest absolute Gasteiger partial charge is 0.333 e. The molecule has 3 amide bonds. The monoisotopic (exact) mass is 264 g/mol. The van der Waals surface area contributed by atoms with E-state index in [1.54, 1.807) is 0 Å². The molecule has 0 aliphatic rings. The molecular weight excluding hydrogens is 244 g/mol. The zero-order valence-electron chi connectivity index (χ0n) is 11.4. The van der Waals surface area contributed by atoms with E-state index in [1.807, 2.05) is 44.2 Å². The number of rotatable bonds is 4. The van der Waals surface area contributed by atoms with Gasteiger partial charge in [0.25, 0.3) is 5.91 Å². The second-order valence-electron chi connectivity index (χ2n) is 4.43. The molecule has 0 aliphatic heterocycles. The highest BCUT2D eigenvalue weighted by molar-refractivity contribution is 5.87. The summed E-state index contributed by atoms with van der Waals surface area (Å²) >= 11 is 0. The van der Waals surface area contributed by atoms with E-state index in [9.17, 15) is 9.59 Å². The molecule has 0 spiro atoms. The molecule has 0 aromatic heterocycles. The molecule has 1 aromatic rings. The molecule has 1 aromatic carbocycles. The van der Waals surface area contributed by atoms with Crippen LogP contribution in [0, 0.1) is 5.92 Å². The van der Waals surface area contributed by atoms with E-state index in [0.29, 0.717) is 0 Å². The van der Waals surface area contributed by atoms with E-state index in [-0.39, 0.29) is 11.8 Å². The van der Waals surface area contributed by atoms with Crippen LogP contribution < -0.4 is 21.5 Å². The van der Waals surface area contributed by atoms with Gasteiger partial charge in [0, 0.05) is 12.7 Å². The maximum absolute atomic E-state index is 12.0. The maximum Gasteiger partial charge on any atom is 0.333 e. The number of hydrazine groups is 1. The van der Waals surface area contributed by atoms with Gasteiger partial charge in [-0.1, -0.05) is 32.0 Å². The summed E-state index contributed by atoms with van der Waals surface area (Å²) < 4.78 is 0. The fraction of sp³-hybridized carbons (Fsp3) is 0.385. The Morgan fingerprint density at radius 3 is 2.21 bits per heavy atom. The van der Waals surface area contributed by atoms with Gasteiger partial charge in [-0.25, -0.2) is 10.2 Å². The van der Waals surface area contributed by atoms with Crippen LogP contribution in [0.5, 0.6) is 0 Å². The fourth-order valence-corrected chi connectivity index (χ4v) is 1.51. The van der Waals surface area contributed by atoms with Gasteiger partial charge in [0.2, 0.25) is 0 Å². The zero-order chi connectivity index (χ0) is 14.3. The average molecular weight is 264 g/mol. The van der Waals surface area contributed by atoms with Gasteiger partial charge in [-0.05, 0) is 18.1 Å². The van der Waals surface area contributed by atoms with Gasteiger partial charge in [0.05, 0.1) is 0 Å². The first-order chi connectivity index (χ1) is 9.04. The summed E-state index contributed by atoms with van der Waals surface area (Å²) in [6, 6.07) is 8.56. The Bertz CT molecular complexity index is 420. The minimum Gasteiger partial charge on any atom is -0.373 e. The van der Waals surface area contributed by atoms with Crippen molar-refractivity contribution in [2.75, 3.05) is 12.4 Å². The Labute approximate surface area is 112 Å². The second-order valence-corrected chi connectivity index (χ2v) is 4.43. The van der Waals surface area contributed by atoms with Gasteiger partial charge >= 0.3 is 6.03 Å². The lowest BCUT2D eigenvalue weighted by Crippen LogP contribution is -2.52. The summed E-state index contributed by atoms with van der Waals surface area (Å²) in [7, 11) is 1.48. The van der Waals surface area contributed by atoms with E-state index in [1.165, 1.54) is 7.05 Å². The lowest BCUT2D eigenvalue weighted by molar-refractivity contribution is -0.123. The zero-order valence-corrected chi connectivity index (χ0v) is 11.4. The van der Waals surface area contributed by atoms with Crippen LogP contribution in [0.25, 0.3) is 0 Å². The molecular formula is C13H20N4O2. The van der Waals surface area contributed by atoms with Crippen LogP contribution in [0.3, 0.4) is 0 Å². The second kappa shape index (κ2) is 7.25. The number of carbonyl (C=O) groups excluding carboxylic acids is 2. The quantitative estimate of drug-likeness (QED) is 0.614. The van der Waals surface area contributed by atoms with E-state index in [0.717, 1.165) is 5.69 Å². The Morgan fingerprint density at radius 1 is 1.05 bits per heavy atom. The first-order valence-corrected chi connectivity index (χ1v) is 6.13. The SMILES string of the molecule is CNC(=O)NNC(=O)[C@@H](Nc1ccccc1)C(C)C. The highest BCUT2D eigenvalue weighted by atomic mass is 16.2. The molecule has 19 heavy (non-hydrogen) atoms. The predicted octanol–water partition coefficient (Wildman–Crippen LogP) is 1.08. The van der Waals surface area contributed by atoms with Crippen LogP contribution in [0.15, 0.2) is 30.3 Å². The first-order valence-electron chi connectivity index (χ1n) is 6.13. The standard InChI is InChI=1S/C13H20N4O2/c1-9(2)11(12(18)16-17-13(19)14-3)15-10-7-5-4-6-8-10/h4-9,11,15H,1-3H3,(H,16,18)(H2,14,17,19)/t11-/m0/s1. The molecule has 0 fully saturated rings. The molecule has 0 aliphatic carbocycles. The number of nitrogens with one attached hydrogen (secondary N) is 4. The molecule has 0 unspecified atom stereocenters. The Hall–Kier alpha value is -2.24. The van der Waals surface area contributed by atoms with E-state index >= 15 is 0 Å². The molecule has 4 N–H and O–H groups in total. The Morgan fingerprint density at radius 2 is 1.68 bits per heavy atom. The molecule has 6 heteroatoms. The summed E-state index contributed by atoms with van der Waals surface area (Å²) in [5, 5.41) is 5.49. The summed E-state index contributed by atoms with van der Waals surface area (Å²) in [6.07, 6.45) is 0. The van der Waals surface area contributed by atoms with Crippen molar-refractivity contribution in [1.29, 1.82) is 0 Å². The van der Waals surface area contributed by atoms with Crippen LogP contribution >= 0.6 is 0 Å². The Balaban J connectivity index is 2.62. The highest BCUT2D eigenvalue weighted by Gasteiger charge is 2.22. The number of carbonyl (C=O) groups is 2. The minimum atomic E-state index is -0.462. The van der Waals surface area contributed by atoms with Gasteiger partial charge in [-0.2, -0.15) is 0 Å². The summed E-state index contributed by atoms with van der Waals surface area (Å²) in [5.74, 6) is -0.214. The van der Waals surface area contributed by atoms with Crippen molar-refractivity contribution >= 4 is 17.6 Å². The number of urea groups is 1. The lowest BCUT2D eigenvalue weighted by atomic mass is 10.0. The van der Waals surface area contributed by atoms with Crippen molar-refractivity contribution in [2.45, 2.75) is 19.9 Å². The van der Waals surface area contributed by atoms with Gasteiger partial charge in [-0.15, -0.1) is 0 Å². The van der Waals surface area contributed by atoms with Gasteiger partial charge in [-0.3, -0.25) is 10.2 Å². The number of hydrogen-bond donors (Lipinski definition) is 4. The van der Waals surface area contributed by atoms with Crippen molar-refractivity contribution in [3.05, 3.63) is 30.3 Å². The summed E-state index contributed by atoms with van der Waals surface area (Å²) in [5.41, 5.74) is 5.49. The third-order valence-corrected chi connectivity index (χ3v) is 2.57. The fourth-order valence-electron chi connectivity index (χ4n) is 1.51. The van der Waals surface area contributed by atoms with Crippen LogP contribution in [0.4, 0.5) is 10.5 Å². The molecule has 0 saturated carbocycles. The van der Waals surface area contributed by atoms with Crippen molar-refractivity contribution in [1.82, 2.24) is 16.2 Å². The van der Waals surface area contributed by atoms with Crippen LogP contribution in [0.2, 0.25) is 0 Å². The number of para-hydroxylation sites is 1. The molecule has 104 valence electrons. The normalized spacial score (nSPS) is 11.6. The predicted molar refractivity (Wildman–Crippen MR) is 74.4 cm³/mol. The first kappa shape index (κ1) is 14.8. The average Bonchev–Trinajstić information content (AvgIpc) is 2.42. The molecule has 0 saturated heterocycles. The molecule has 1 rings (SSSR count). The van der Waals surface area contributed by atoms with Gasteiger partial charge < -0.3 is 10.6 Å². The summed E-state index contributed by atoms with van der Waals surface area (Å²) in [6.45, 7) is 3.86. The molecule has 6 nitrogen and oxygen atoms in total. The number of hydrogen-bond acceptors (Lipinski definition) is 3. The molecule has 0 bridgehead atoms. The number of anilines is 1. The van der Waals surface area contributed by atoms with Gasteiger partial charge in [0.1, 0.15) is 6.04 Å². The summed E-state index contributed by atoms with van der Waals surface area (Å²) in [4.78, 5) is 23.0. The maximum atomic E-state index is 12.0. The largest absolute Gasteiger partial charge is 0.373 e. The molecule has 1 atom stereocenters. The van der Waals surface area contributed by atoms with E-state index < -0.39 is 12.1 Å². The van der Waals surface area contributed by atoms with Gasteiger partial charge in [0.15, 0.2) is 0 Å². The van der Waals surface area contributed by atoms with E-state index in [2.05, 4.69) is 21.5 Å². The Kier molecular flexibility index (Phi) is 5.66. The third kappa shape index (κ3) is 4.87. The number of benzene rings is 1. The third-order valence-electron chi connectivity index (χ3n) is 2.57. The highest BCUT2D eigenvalue weighted by Crippen LogP contribution is 2.12. The van der Waals surface area contributed by atoms with E-state index in [4.69, 9.17) is 0 Å². The molecule has 0 radical (unpaired) electrons. The van der Waals surface area contributed by atoms with Crippen molar-refractivity contribution < 1.29 is 9.59 Å². The topological polar surface area (TPSA) is 82.3 Å². The van der Waals surface area contributed by atoms with Crippen molar-refractivity contribution in [3.63, 3.8) is 0 Å². The van der Waals surface area contributed by atoms with Crippen molar-refractivity contribution in [3.8, 4) is 0 Å². The minimum absolute atomic E-state index is 0.0756. The lowest BCUT2D eigenvalue weighted by Gasteiger charge is -2.22. The van der Waals surface area contributed by atoms with Crippen LogP contribution in [0.1, 0.15) is 13.8 Å². The van der Waals surface area contributed by atoms with Crippen LogP contribution in [-0.4, -0.2) is 25.0 Å². The number of amides is 3. The molecule has 0 heterocycles. The van der Waals surface area contributed by atoms with Crippen molar-refractivity contribution in [2.24, 2.45) is 5.92 Å².